The van der Waals surface area contributed by atoms with E-state index in [4.69, 9.17) is 18.9 Å². The number of hydrogen-bond acceptors (Lipinski definition) is 7. The second-order valence-corrected chi connectivity index (χ2v) is 13.4. The van der Waals surface area contributed by atoms with Gasteiger partial charge in [-0.05, 0) is 90.8 Å². The first-order valence-corrected chi connectivity index (χ1v) is 16.3. The van der Waals surface area contributed by atoms with Gasteiger partial charge in [0.15, 0.2) is 11.5 Å². The fourth-order valence-corrected chi connectivity index (χ4v) is 5.80. The lowest BCUT2D eigenvalue weighted by Crippen LogP contribution is -2.58. The van der Waals surface area contributed by atoms with Gasteiger partial charge < -0.3 is 33.6 Å². The summed E-state index contributed by atoms with van der Waals surface area (Å²) in [6, 6.07) is 4.56. The maximum Gasteiger partial charge on any atom is 0.410 e. The van der Waals surface area contributed by atoms with Gasteiger partial charge >= 0.3 is 6.09 Å². The molecule has 1 aliphatic carbocycles. The smallest absolute Gasteiger partial charge is 0.410 e. The number of carbonyl (C=O) groups excluding carboxylic acids is 3. The zero-order chi connectivity index (χ0) is 32.4. The highest BCUT2D eigenvalue weighted by molar-refractivity contribution is 5.95. The number of methoxy groups -OCH3 is 2. The molecule has 10 heteroatoms. The molecule has 3 rings (SSSR count). The molecular formula is C34H55N3O7. The van der Waals surface area contributed by atoms with Crippen LogP contribution in [0.4, 0.5) is 4.79 Å². The van der Waals surface area contributed by atoms with Crippen molar-refractivity contribution in [3.63, 3.8) is 0 Å². The first kappa shape index (κ1) is 35.5. The summed E-state index contributed by atoms with van der Waals surface area (Å²) in [5, 5.41) is 0. The number of benzene rings is 1. The van der Waals surface area contributed by atoms with Crippen LogP contribution in [0.3, 0.4) is 0 Å². The average molecular weight is 618 g/mol. The largest absolute Gasteiger partial charge is 0.493 e. The van der Waals surface area contributed by atoms with E-state index >= 15 is 0 Å². The van der Waals surface area contributed by atoms with Crippen LogP contribution in [0, 0.1) is 5.92 Å². The van der Waals surface area contributed by atoms with Crippen molar-refractivity contribution >= 4 is 17.9 Å². The lowest BCUT2D eigenvalue weighted by atomic mass is 9.93. The minimum absolute atomic E-state index is 0.0869. The van der Waals surface area contributed by atoms with E-state index in [1.807, 2.05) is 44.4 Å². The molecular weight excluding hydrogens is 562 g/mol. The maximum atomic E-state index is 14.1. The van der Waals surface area contributed by atoms with Crippen LogP contribution in [0.1, 0.15) is 96.8 Å². The van der Waals surface area contributed by atoms with Crippen LogP contribution < -0.4 is 9.47 Å². The topological polar surface area (TPSA) is 97.9 Å². The van der Waals surface area contributed by atoms with Gasteiger partial charge in [0.1, 0.15) is 5.60 Å². The molecule has 1 aromatic carbocycles. The highest BCUT2D eigenvalue weighted by Gasteiger charge is 2.40. The van der Waals surface area contributed by atoms with E-state index in [0.29, 0.717) is 62.0 Å². The molecule has 44 heavy (non-hydrogen) atoms. The Balaban J connectivity index is 1.82. The molecule has 2 atom stereocenters. The zero-order valence-electron chi connectivity index (χ0n) is 28.2. The summed E-state index contributed by atoms with van der Waals surface area (Å²) in [5.74, 6) is 1.59. The minimum atomic E-state index is -0.685. The standard InChI is InChI=1S/C34H55N3O7/c1-9-17-35(22-25-11-12-25)31(38)21-27-14-15-28(23-36(27)33(40)44-34(4,5)6)37(24(2)3)32(39)26-13-16-29(42-8)30(20-26)43-19-10-18-41-7/h13,16,20,24-25,27-28H,9-12,14-15,17-19,21-23H2,1-8H3/t27-,28-/m1/s1. The molecule has 0 N–H and O–H groups in total. The molecule has 248 valence electrons. The van der Waals surface area contributed by atoms with E-state index in [-0.39, 0.29) is 36.4 Å². The Morgan fingerprint density at radius 3 is 2.34 bits per heavy atom. The molecule has 0 spiro atoms. The van der Waals surface area contributed by atoms with Gasteiger partial charge in [-0.3, -0.25) is 9.59 Å². The van der Waals surface area contributed by atoms with Crippen LogP contribution in [0.2, 0.25) is 0 Å². The molecule has 10 nitrogen and oxygen atoms in total. The molecule has 3 amide bonds. The Kier molecular flexibility index (Phi) is 13.2. The monoisotopic (exact) mass is 617 g/mol. The van der Waals surface area contributed by atoms with E-state index in [1.165, 1.54) is 12.8 Å². The van der Waals surface area contributed by atoms with Crippen molar-refractivity contribution in [2.45, 2.75) is 110 Å². The fraction of sp³-hybridized carbons (Fsp3) is 0.735. The van der Waals surface area contributed by atoms with E-state index in [2.05, 4.69) is 6.92 Å². The third kappa shape index (κ3) is 10.3. The molecule has 1 aliphatic heterocycles. The molecule has 0 aromatic heterocycles. The number of ether oxygens (including phenoxy) is 4. The quantitative estimate of drug-likeness (QED) is 0.231. The highest BCUT2D eigenvalue weighted by Crippen LogP contribution is 2.33. The first-order chi connectivity index (χ1) is 20.9. The Morgan fingerprint density at radius 1 is 1.02 bits per heavy atom. The summed E-state index contributed by atoms with van der Waals surface area (Å²) in [7, 11) is 3.22. The second kappa shape index (κ2) is 16.3. The van der Waals surface area contributed by atoms with Crippen LogP contribution in [-0.4, -0.2) is 103 Å². The Morgan fingerprint density at radius 2 is 1.75 bits per heavy atom. The normalized spacial score (nSPS) is 18.6. The number of rotatable bonds is 15. The SMILES string of the molecule is CCCN(CC1CC1)C(=O)C[C@H]1CC[C@@H](N(C(=O)c2ccc(OC)c(OCCCOC)c2)C(C)C)CN1C(=O)OC(C)(C)C. The summed E-state index contributed by atoms with van der Waals surface area (Å²) < 4.78 is 22.3. The zero-order valence-corrected chi connectivity index (χ0v) is 28.2. The van der Waals surface area contributed by atoms with Crippen molar-refractivity contribution in [1.82, 2.24) is 14.7 Å². The van der Waals surface area contributed by atoms with Gasteiger partial charge in [0.2, 0.25) is 5.91 Å². The van der Waals surface area contributed by atoms with Crippen molar-refractivity contribution < 1.29 is 33.3 Å². The Hall–Kier alpha value is -3.01. The van der Waals surface area contributed by atoms with E-state index < -0.39 is 11.7 Å². The van der Waals surface area contributed by atoms with E-state index in [1.54, 1.807) is 37.3 Å². The number of hydrogen-bond donors (Lipinski definition) is 0. The summed E-state index contributed by atoms with van der Waals surface area (Å²) in [4.78, 5) is 46.6. The number of amides is 3. The average Bonchev–Trinajstić information content (AvgIpc) is 3.78. The van der Waals surface area contributed by atoms with Crippen LogP contribution in [0.25, 0.3) is 0 Å². The highest BCUT2D eigenvalue weighted by atomic mass is 16.6. The summed E-state index contributed by atoms with van der Waals surface area (Å²) in [5.41, 5.74) is -0.201. The third-order valence-electron chi connectivity index (χ3n) is 8.09. The van der Waals surface area contributed by atoms with Crippen molar-refractivity contribution in [2.75, 3.05) is 47.1 Å². The summed E-state index contributed by atoms with van der Waals surface area (Å²) >= 11 is 0. The maximum absolute atomic E-state index is 14.1. The number of piperidine rings is 1. The van der Waals surface area contributed by atoms with Gasteiger partial charge in [-0.2, -0.15) is 0 Å². The number of likely N-dealkylation sites (tertiary alicyclic amines) is 1. The van der Waals surface area contributed by atoms with Crippen LogP contribution in [0.5, 0.6) is 11.5 Å². The van der Waals surface area contributed by atoms with Crippen LogP contribution >= 0.6 is 0 Å². The first-order valence-electron chi connectivity index (χ1n) is 16.3. The lowest BCUT2D eigenvalue weighted by Gasteiger charge is -2.45. The predicted octanol–water partition coefficient (Wildman–Crippen LogP) is 5.77. The van der Waals surface area contributed by atoms with E-state index in [0.717, 1.165) is 19.5 Å². The Bertz CT molecular complexity index is 1100. The molecule has 2 fully saturated rings. The Labute approximate surface area is 264 Å². The lowest BCUT2D eigenvalue weighted by molar-refractivity contribution is -0.133. The molecule has 2 aliphatic rings. The van der Waals surface area contributed by atoms with Crippen molar-refractivity contribution in [3.05, 3.63) is 23.8 Å². The molecule has 0 bridgehead atoms. The second-order valence-electron chi connectivity index (χ2n) is 13.4. The molecule has 1 heterocycles. The van der Waals surface area contributed by atoms with Gasteiger partial charge in [-0.1, -0.05) is 6.92 Å². The molecule has 1 saturated carbocycles. The van der Waals surface area contributed by atoms with Gasteiger partial charge in [-0.15, -0.1) is 0 Å². The molecule has 0 unspecified atom stereocenters. The van der Waals surface area contributed by atoms with Crippen molar-refractivity contribution in [1.29, 1.82) is 0 Å². The molecule has 1 aromatic rings. The third-order valence-corrected chi connectivity index (χ3v) is 8.09. The summed E-state index contributed by atoms with van der Waals surface area (Å²) in [6.07, 6.45) is 5.05. The predicted molar refractivity (Wildman–Crippen MR) is 170 cm³/mol. The fourth-order valence-electron chi connectivity index (χ4n) is 5.80. The minimum Gasteiger partial charge on any atom is -0.493 e. The van der Waals surface area contributed by atoms with Crippen LogP contribution in [-0.2, 0) is 14.3 Å². The van der Waals surface area contributed by atoms with Crippen LogP contribution in [0.15, 0.2) is 18.2 Å². The molecule has 1 saturated heterocycles. The van der Waals surface area contributed by atoms with Gasteiger partial charge in [0.25, 0.3) is 5.91 Å². The molecule has 0 radical (unpaired) electrons. The van der Waals surface area contributed by atoms with Gasteiger partial charge in [0, 0.05) is 63.8 Å². The van der Waals surface area contributed by atoms with Crippen molar-refractivity contribution in [3.8, 4) is 11.5 Å². The van der Waals surface area contributed by atoms with Crippen molar-refractivity contribution in [2.24, 2.45) is 5.92 Å². The summed E-state index contributed by atoms with van der Waals surface area (Å²) in [6.45, 7) is 14.4. The number of carbonyl (C=O) groups is 3. The number of nitrogens with zero attached hydrogens (tertiary/aromatic N) is 3. The van der Waals surface area contributed by atoms with E-state index in [9.17, 15) is 14.4 Å². The van der Waals surface area contributed by atoms with Gasteiger partial charge in [-0.25, -0.2) is 4.79 Å². The van der Waals surface area contributed by atoms with Gasteiger partial charge in [0.05, 0.1) is 19.8 Å².